The molecule has 1 aromatic carbocycles. The Balaban J connectivity index is 2.06. The standard InChI is InChI=1S/C13H15ClN4O2/c1-20-10-5-3-2-4-8(10)9(19)7-16-12-6-11(14)17-13(15)18-12/h2-6,9,19H,7H2,1H3,(H3,15,16,17,18)/t9-/m0/s1. The molecule has 0 aliphatic carbocycles. The van der Waals surface area contributed by atoms with Crippen molar-refractivity contribution in [3.63, 3.8) is 0 Å². The second-order valence-corrected chi connectivity index (χ2v) is 4.46. The highest BCUT2D eigenvalue weighted by atomic mass is 35.5. The average molecular weight is 295 g/mol. The van der Waals surface area contributed by atoms with Crippen LogP contribution in [0.15, 0.2) is 30.3 Å². The molecule has 4 N–H and O–H groups in total. The fraction of sp³-hybridized carbons (Fsp3) is 0.231. The second kappa shape index (κ2) is 6.40. The van der Waals surface area contributed by atoms with Crippen LogP contribution in [0.25, 0.3) is 0 Å². The molecular formula is C13H15ClN4O2. The zero-order chi connectivity index (χ0) is 14.5. The van der Waals surface area contributed by atoms with E-state index < -0.39 is 6.10 Å². The number of nitrogens with two attached hydrogens (primary N) is 1. The van der Waals surface area contributed by atoms with Gasteiger partial charge in [-0.2, -0.15) is 4.98 Å². The fourth-order valence-corrected chi connectivity index (χ4v) is 1.97. The van der Waals surface area contributed by atoms with E-state index in [0.29, 0.717) is 17.1 Å². The summed E-state index contributed by atoms with van der Waals surface area (Å²) < 4.78 is 5.20. The Kier molecular flexibility index (Phi) is 4.60. The van der Waals surface area contributed by atoms with E-state index in [4.69, 9.17) is 22.1 Å². The maximum absolute atomic E-state index is 10.2. The van der Waals surface area contributed by atoms with Gasteiger partial charge in [0.15, 0.2) is 0 Å². The summed E-state index contributed by atoms with van der Waals surface area (Å²) in [7, 11) is 1.56. The summed E-state index contributed by atoms with van der Waals surface area (Å²) in [6.45, 7) is 0.243. The van der Waals surface area contributed by atoms with Crippen LogP contribution in [0.4, 0.5) is 11.8 Å². The average Bonchev–Trinajstić information content (AvgIpc) is 2.43. The number of anilines is 2. The first-order valence-corrected chi connectivity index (χ1v) is 6.33. The van der Waals surface area contributed by atoms with E-state index in [1.54, 1.807) is 19.2 Å². The van der Waals surface area contributed by atoms with Crippen molar-refractivity contribution >= 4 is 23.4 Å². The van der Waals surface area contributed by atoms with Crippen molar-refractivity contribution in [1.29, 1.82) is 0 Å². The van der Waals surface area contributed by atoms with E-state index >= 15 is 0 Å². The third kappa shape index (κ3) is 3.49. The minimum absolute atomic E-state index is 0.0757. The van der Waals surface area contributed by atoms with Crippen LogP contribution in [-0.2, 0) is 0 Å². The van der Waals surface area contributed by atoms with Gasteiger partial charge in [-0.1, -0.05) is 29.8 Å². The molecular weight excluding hydrogens is 280 g/mol. The highest BCUT2D eigenvalue weighted by molar-refractivity contribution is 6.29. The van der Waals surface area contributed by atoms with Crippen molar-refractivity contribution in [2.45, 2.75) is 6.10 Å². The minimum atomic E-state index is -0.749. The number of benzene rings is 1. The Morgan fingerprint density at radius 3 is 2.85 bits per heavy atom. The molecule has 7 heteroatoms. The highest BCUT2D eigenvalue weighted by Crippen LogP contribution is 2.25. The molecule has 0 fully saturated rings. The lowest BCUT2D eigenvalue weighted by atomic mass is 10.1. The lowest BCUT2D eigenvalue weighted by Gasteiger charge is -2.15. The van der Waals surface area contributed by atoms with Crippen LogP contribution >= 0.6 is 11.6 Å². The third-order valence-corrected chi connectivity index (χ3v) is 2.88. The summed E-state index contributed by atoms with van der Waals surface area (Å²) >= 11 is 5.78. The van der Waals surface area contributed by atoms with Crippen molar-refractivity contribution < 1.29 is 9.84 Å². The number of aliphatic hydroxyl groups excluding tert-OH is 1. The summed E-state index contributed by atoms with van der Waals surface area (Å²) in [5.41, 5.74) is 6.18. The van der Waals surface area contributed by atoms with Crippen LogP contribution in [0.2, 0.25) is 5.15 Å². The van der Waals surface area contributed by atoms with E-state index in [9.17, 15) is 5.11 Å². The molecule has 0 radical (unpaired) electrons. The molecule has 1 aromatic heterocycles. The molecule has 1 atom stereocenters. The van der Waals surface area contributed by atoms with Crippen molar-refractivity contribution in [3.8, 4) is 5.75 Å². The number of hydrogen-bond donors (Lipinski definition) is 3. The van der Waals surface area contributed by atoms with Gasteiger partial charge in [-0.3, -0.25) is 0 Å². The van der Waals surface area contributed by atoms with Gasteiger partial charge in [0.25, 0.3) is 0 Å². The Bertz CT molecular complexity index is 574. The Morgan fingerprint density at radius 1 is 1.40 bits per heavy atom. The first kappa shape index (κ1) is 14.4. The summed E-state index contributed by atoms with van der Waals surface area (Å²) in [6, 6.07) is 8.80. The normalized spacial score (nSPS) is 11.9. The van der Waals surface area contributed by atoms with Crippen LogP contribution < -0.4 is 15.8 Å². The predicted octanol–water partition coefficient (Wildman–Crippen LogP) is 1.87. The van der Waals surface area contributed by atoms with Gasteiger partial charge in [0.2, 0.25) is 5.95 Å². The first-order chi connectivity index (χ1) is 9.60. The maximum atomic E-state index is 10.2. The lowest BCUT2D eigenvalue weighted by Crippen LogP contribution is -2.14. The Labute approximate surface area is 121 Å². The predicted molar refractivity (Wildman–Crippen MR) is 77.9 cm³/mol. The van der Waals surface area contributed by atoms with Crippen molar-refractivity contribution in [2.24, 2.45) is 0 Å². The first-order valence-electron chi connectivity index (χ1n) is 5.95. The van der Waals surface area contributed by atoms with Crippen molar-refractivity contribution in [1.82, 2.24) is 9.97 Å². The number of nitrogens with zero attached hydrogens (tertiary/aromatic N) is 2. The molecule has 20 heavy (non-hydrogen) atoms. The van der Waals surface area contributed by atoms with Gasteiger partial charge < -0.3 is 20.9 Å². The number of methoxy groups -OCH3 is 1. The van der Waals surface area contributed by atoms with Gasteiger partial charge in [-0.15, -0.1) is 0 Å². The van der Waals surface area contributed by atoms with Gasteiger partial charge in [-0.05, 0) is 6.07 Å². The van der Waals surface area contributed by atoms with Gasteiger partial charge in [0.05, 0.1) is 13.2 Å². The summed E-state index contributed by atoms with van der Waals surface area (Å²) in [5.74, 6) is 1.16. The smallest absolute Gasteiger partial charge is 0.223 e. The highest BCUT2D eigenvalue weighted by Gasteiger charge is 2.13. The quantitative estimate of drug-likeness (QED) is 0.729. The molecule has 0 aliphatic rings. The third-order valence-electron chi connectivity index (χ3n) is 2.69. The molecule has 6 nitrogen and oxygen atoms in total. The number of halogens is 1. The van der Waals surface area contributed by atoms with E-state index in [0.717, 1.165) is 0 Å². The van der Waals surface area contributed by atoms with Crippen LogP contribution in [0.5, 0.6) is 5.75 Å². The number of nitrogens with one attached hydrogen (secondary N) is 1. The fourth-order valence-electron chi connectivity index (χ4n) is 1.78. The summed E-state index contributed by atoms with van der Waals surface area (Å²) in [6.07, 6.45) is -0.749. The van der Waals surface area contributed by atoms with E-state index in [2.05, 4.69) is 15.3 Å². The van der Waals surface area contributed by atoms with Gasteiger partial charge in [-0.25, -0.2) is 4.98 Å². The molecule has 0 saturated heterocycles. The Hall–Kier alpha value is -2.05. The number of aromatic nitrogens is 2. The SMILES string of the molecule is COc1ccccc1[C@@H](O)CNc1cc(Cl)nc(N)n1. The molecule has 0 aliphatic heterocycles. The monoisotopic (exact) mass is 294 g/mol. The second-order valence-electron chi connectivity index (χ2n) is 4.07. The zero-order valence-corrected chi connectivity index (χ0v) is 11.6. The molecule has 2 rings (SSSR count). The molecule has 2 aromatic rings. The van der Waals surface area contributed by atoms with Crippen molar-refractivity contribution in [2.75, 3.05) is 24.7 Å². The largest absolute Gasteiger partial charge is 0.496 e. The van der Waals surface area contributed by atoms with E-state index in [1.165, 1.54) is 6.07 Å². The maximum Gasteiger partial charge on any atom is 0.223 e. The number of aliphatic hydroxyl groups is 1. The number of para-hydroxylation sites is 1. The number of nitrogen functional groups attached to an aromatic ring is 1. The van der Waals surface area contributed by atoms with Crippen LogP contribution in [0.3, 0.4) is 0 Å². The number of hydrogen-bond acceptors (Lipinski definition) is 6. The van der Waals surface area contributed by atoms with E-state index in [1.807, 2.05) is 12.1 Å². The topological polar surface area (TPSA) is 93.3 Å². The minimum Gasteiger partial charge on any atom is -0.496 e. The van der Waals surface area contributed by atoms with Crippen LogP contribution in [0.1, 0.15) is 11.7 Å². The molecule has 0 unspecified atom stereocenters. The van der Waals surface area contributed by atoms with E-state index in [-0.39, 0.29) is 17.6 Å². The summed E-state index contributed by atoms with van der Waals surface area (Å²) in [5, 5.41) is 13.4. The molecule has 0 bridgehead atoms. The van der Waals surface area contributed by atoms with Gasteiger partial charge >= 0.3 is 0 Å². The van der Waals surface area contributed by atoms with Crippen LogP contribution in [0, 0.1) is 0 Å². The number of rotatable bonds is 5. The zero-order valence-electron chi connectivity index (χ0n) is 10.9. The molecule has 106 valence electrons. The molecule has 0 saturated carbocycles. The van der Waals surface area contributed by atoms with Crippen LogP contribution in [-0.4, -0.2) is 28.7 Å². The summed E-state index contributed by atoms with van der Waals surface area (Å²) in [4.78, 5) is 7.73. The van der Waals surface area contributed by atoms with Gasteiger partial charge in [0, 0.05) is 18.2 Å². The molecule has 0 amide bonds. The molecule has 0 spiro atoms. The Morgan fingerprint density at radius 2 is 2.15 bits per heavy atom. The molecule has 1 heterocycles. The number of ether oxygens (including phenoxy) is 1. The lowest BCUT2D eigenvalue weighted by molar-refractivity contribution is 0.187. The van der Waals surface area contributed by atoms with Crippen molar-refractivity contribution in [3.05, 3.63) is 41.0 Å². The van der Waals surface area contributed by atoms with Gasteiger partial charge in [0.1, 0.15) is 16.7 Å².